The highest BCUT2D eigenvalue weighted by atomic mass is 33.1. The fourth-order valence-corrected chi connectivity index (χ4v) is 31.5. The third kappa shape index (κ3) is 16.1. The number of likely N-dealkylation sites (N-methyl/N-ethyl adjacent to an activating group) is 6. The number of unbranched alkanes of at least 4 members (excludes halogenated alkanes) is 2. The molecule has 22 rings (SSSR count). The Hall–Kier alpha value is -4.02. The molecule has 21 heterocycles. The second kappa shape index (κ2) is 34.5. The predicted molar refractivity (Wildman–Crippen MR) is 415 cm³/mol. The van der Waals surface area contributed by atoms with Crippen molar-refractivity contribution in [2.45, 2.75) is 141 Å². The predicted octanol–water partition coefficient (Wildman–Crippen LogP) is 4.92. The highest BCUT2D eigenvalue weighted by Crippen LogP contribution is 2.58. The number of hydrogen-bond donors (Lipinski definition) is 3. The molecule has 0 radical (unpaired) electrons. The zero-order valence-corrected chi connectivity index (χ0v) is 68.8. The molecular weight excluding hydrogens is 1590 g/mol. The molecule has 21 aliphatic rings. The molecule has 1 aromatic carbocycles. The molecule has 43 heteroatoms. The lowest BCUT2D eigenvalue weighted by Gasteiger charge is -2.56. The van der Waals surface area contributed by atoms with Crippen molar-refractivity contribution in [1.29, 1.82) is 0 Å². The second-order valence-corrected chi connectivity index (χ2v) is 42.2. The van der Waals surface area contributed by atoms with Crippen LogP contribution < -0.4 is 20.7 Å². The van der Waals surface area contributed by atoms with Gasteiger partial charge in [0.15, 0.2) is 73.7 Å². The van der Waals surface area contributed by atoms with E-state index in [0.717, 1.165) is 50.1 Å². The van der Waals surface area contributed by atoms with Crippen molar-refractivity contribution in [3.63, 3.8) is 0 Å². The highest BCUT2D eigenvalue weighted by Gasteiger charge is 2.64. The third-order valence-electron chi connectivity index (χ3n) is 17.7. The Morgan fingerprint density at radius 3 is 1.17 bits per heavy atom. The number of benzene rings is 1. The van der Waals surface area contributed by atoms with Crippen molar-refractivity contribution >= 4 is 234 Å². The van der Waals surface area contributed by atoms with Gasteiger partial charge >= 0.3 is 0 Å². The van der Waals surface area contributed by atoms with Gasteiger partial charge in [0, 0.05) is 75.0 Å². The van der Waals surface area contributed by atoms with E-state index in [1.165, 1.54) is 144 Å². The average molecular weight is 1670 g/mol. The number of methoxy groups -OCH3 is 1. The Morgan fingerprint density at radius 2 is 0.775 bits per heavy atom. The van der Waals surface area contributed by atoms with Crippen LogP contribution in [0.4, 0.5) is 0 Å². The van der Waals surface area contributed by atoms with Crippen LogP contribution in [-0.4, -0.2) is 286 Å². The van der Waals surface area contributed by atoms with Crippen molar-refractivity contribution in [1.82, 2.24) is 69.8 Å². The van der Waals surface area contributed by atoms with Gasteiger partial charge in [0.2, 0.25) is 0 Å². The quantitative estimate of drug-likeness (QED) is 0.174. The number of amides is 14. The first-order chi connectivity index (χ1) is 48.3. The molecule has 12 unspecified atom stereocenters. The molecule has 102 heavy (non-hydrogen) atoms. The minimum Gasteiger partial charge on any atom is -0.497 e. The van der Waals surface area contributed by atoms with Crippen molar-refractivity contribution < 1.29 is 71.9 Å². The van der Waals surface area contributed by atoms with E-state index < -0.39 is 36.1 Å². The first kappa shape index (κ1) is 82.0. The molecule has 1 aromatic rings. The second-order valence-electron chi connectivity index (χ2n) is 24.3. The number of piperazine rings is 7. The molecule has 0 saturated carbocycles. The van der Waals surface area contributed by atoms with Gasteiger partial charge in [-0.3, -0.25) is 67.1 Å². The van der Waals surface area contributed by atoms with Gasteiger partial charge in [-0.1, -0.05) is 202 Å². The summed E-state index contributed by atoms with van der Waals surface area (Å²) in [6, 6.07) is 7.52. The van der Waals surface area contributed by atoms with Crippen molar-refractivity contribution in [2.75, 3.05) is 75.6 Å². The molecule has 0 aliphatic carbocycles. The van der Waals surface area contributed by atoms with Gasteiger partial charge in [0.1, 0.15) is 5.75 Å². The first-order valence-corrected chi connectivity index (χ1v) is 47.3. The molecule has 14 atom stereocenters. The Morgan fingerprint density at radius 1 is 0.402 bits per heavy atom. The maximum absolute atomic E-state index is 12.3. The standard InChI is InChI=1S/C12H12N2O3S2.C12H20N2O2S2.C10H12N2O2S2.C8H12N2O2S2.C7H10N2O2S2.C6H8N2O2S2.C4H4N2O2S2/c1-17-8-4-2-7(3-5-8)6-14-11(16)10-13-9(15)12(14)19-18-10;1-3-5-7-13-9(15)12-14(8-6-4-2)10(16)11(13)17-18-12;1-3-5-11-7(13)10-12(6-4-2)8(14)9(11)15-16-10;1-7-5(11)10(4)8(2,14-13-7)6(12)9(7)3;1-7-6(11)8(2)5(12-13-7)4(10)9(7)3;1-7-3(9)6-8(2)4(10)5(7)11-12-6;7-1-3-6-2(8)4(5-1)10-9-3/h2-5,10,12H,6H2,1H3,(H,13,15);11-12H,3-8H2,1-2H3;3-4,9-10H,1-2,5-6H2;1-4H3;5H,1-3H3;5-6H,1-2H3;3-4H,(H,5,7)(H,6,8)/t;;;7-,8-;;;/m...0.../s1. The molecule has 21 saturated heterocycles. The number of rotatable bonds is 13. The number of hydrogen-bond acceptors (Lipinski definition) is 29. The lowest BCUT2D eigenvalue weighted by Crippen LogP contribution is -2.73. The van der Waals surface area contributed by atoms with Crippen LogP contribution >= 0.6 is 151 Å². The van der Waals surface area contributed by atoms with Gasteiger partial charge in [0.05, 0.1) is 7.11 Å². The fraction of sp³-hybridized carbons (Fsp3) is 0.593. The summed E-state index contributed by atoms with van der Waals surface area (Å²) in [6.07, 6.45) is 7.34. The van der Waals surface area contributed by atoms with E-state index in [2.05, 4.69) is 43.0 Å². The minimum atomic E-state index is -0.728. The molecule has 14 bridgehead atoms. The van der Waals surface area contributed by atoms with E-state index in [4.69, 9.17) is 4.74 Å². The van der Waals surface area contributed by atoms with E-state index in [1.54, 1.807) is 143 Å². The minimum absolute atomic E-state index is 0.00454. The Labute approximate surface area is 646 Å². The van der Waals surface area contributed by atoms with E-state index >= 15 is 0 Å². The molecule has 14 amide bonds. The first-order valence-electron chi connectivity index (χ1n) is 31.6. The van der Waals surface area contributed by atoms with Crippen LogP contribution in [0.2, 0.25) is 0 Å². The molecule has 29 nitrogen and oxygen atoms in total. The van der Waals surface area contributed by atoms with Crippen LogP contribution in [0.1, 0.15) is 65.9 Å². The number of nitrogens with one attached hydrogen (secondary N) is 3. The van der Waals surface area contributed by atoms with Gasteiger partial charge in [-0.15, -0.1) is 13.2 Å². The van der Waals surface area contributed by atoms with Gasteiger partial charge in [-0.05, 0) is 51.3 Å². The summed E-state index contributed by atoms with van der Waals surface area (Å²) in [5, 5.41) is 3.88. The lowest BCUT2D eigenvalue weighted by atomic mass is 10.1. The summed E-state index contributed by atoms with van der Waals surface area (Å²) in [4.78, 5) is 180. The van der Waals surface area contributed by atoms with Crippen LogP contribution in [0.5, 0.6) is 5.75 Å². The van der Waals surface area contributed by atoms with Crippen LogP contribution in [0.3, 0.4) is 0 Å². The number of carbonyl (C=O) groups is 14. The normalized spacial score (nSPS) is 32.5. The summed E-state index contributed by atoms with van der Waals surface area (Å²) in [5.41, 5.74) is 0.986. The van der Waals surface area contributed by atoms with Crippen LogP contribution in [0.15, 0.2) is 49.6 Å². The number of nitrogens with zero attached hydrogens (tertiary/aromatic N) is 11. The maximum Gasteiger partial charge on any atom is 0.260 e. The third-order valence-corrected chi connectivity index (χ3v) is 38.9. The highest BCUT2D eigenvalue weighted by molar-refractivity contribution is 8.79. The van der Waals surface area contributed by atoms with Crippen molar-refractivity contribution in [2.24, 2.45) is 0 Å². The Kier molecular flexibility index (Phi) is 27.7. The largest absolute Gasteiger partial charge is 0.497 e. The molecule has 21 fully saturated rings. The van der Waals surface area contributed by atoms with Crippen LogP contribution in [0.25, 0.3) is 0 Å². The molecule has 558 valence electrons. The summed E-state index contributed by atoms with van der Waals surface area (Å²) < 4.78 is 5.09. The summed E-state index contributed by atoms with van der Waals surface area (Å²) in [7, 11) is 32.2. The topological polar surface area (TPSA) is 320 Å². The van der Waals surface area contributed by atoms with Gasteiger partial charge in [-0.2, -0.15) is 0 Å². The molecule has 0 spiro atoms. The lowest BCUT2D eigenvalue weighted by molar-refractivity contribution is -0.161. The van der Waals surface area contributed by atoms with Crippen LogP contribution in [0, 0.1) is 0 Å². The van der Waals surface area contributed by atoms with E-state index in [9.17, 15) is 67.1 Å². The monoisotopic (exact) mass is 1670 g/mol. The van der Waals surface area contributed by atoms with Crippen LogP contribution in [-0.2, 0) is 73.7 Å². The fourth-order valence-electron chi connectivity index (χ4n) is 11.0. The molecule has 0 aromatic heterocycles. The smallest absolute Gasteiger partial charge is 0.260 e. The number of ether oxygens (including phenoxy) is 1. The Balaban J connectivity index is 0.000000140. The van der Waals surface area contributed by atoms with Gasteiger partial charge < -0.3 is 74.6 Å². The van der Waals surface area contributed by atoms with Crippen molar-refractivity contribution in [3.05, 3.63) is 55.1 Å². The van der Waals surface area contributed by atoms with E-state index in [-0.39, 0.29) is 120 Å². The number of fused-ring (bicyclic) bond motifs is 21. The maximum atomic E-state index is 12.3. The summed E-state index contributed by atoms with van der Waals surface area (Å²) in [5.74, 6) is 0.863. The molecule has 21 aliphatic heterocycles. The van der Waals surface area contributed by atoms with E-state index in [0.29, 0.717) is 19.6 Å². The summed E-state index contributed by atoms with van der Waals surface area (Å²) in [6.45, 7) is 19.5. The Bertz CT molecular complexity index is 3400. The zero-order chi connectivity index (χ0) is 74.8. The summed E-state index contributed by atoms with van der Waals surface area (Å²) >= 11 is 0. The number of carbonyl (C=O) groups excluding carboxylic acids is 14. The SMILES string of the molecule is C=CCN1C(=O)C2SSC1C(=O)N2CC=C.CCCCN1C(=O)C2SSC1C(=O)N2CCCC.CN1C(=O)C2(C)SSC1C(=O)N2C.CN1C(=O)C2SSC1C(=O)N2C.CN1C(=O)[C@]2(C)SS[C@@]1(C)C(=O)N2C.COc1ccc(CN2C(=O)C3NC(=O)C2SS3)cc1.O=C1NC2SSC1NC2=O. The van der Waals surface area contributed by atoms with Gasteiger partial charge in [0.25, 0.3) is 82.7 Å². The average Bonchev–Trinajstić information content (AvgIpc) is 0.714. The molecule has 3 N–H and O–H groups in total. The zero-order valence-electron chi connectivity index (χ0n) is 57.4. The molecular formula is C59H78N14O15S14. The van der Waals surface area contributed by atoms with E-state index in [1.807, 2.05) is 24.3 Å². The van der Waals surface area contributed by atoms with Crippen molar-refractivity contribution in [3.8, 4) is 5.75 Å². The van der Waals surface area contributed by atoms with Gasteiger partial charge in [-0.25, -0.2) is 0 Å².